The van der Waals surface area contributed by atoms with Crippen molar-refractivity contribution in [1.29, 1.82) is 0 Å². The Morgan fingerprint density at radius 2 is 0.983 bits per heavy atom. The lowest BCUT2D eigenvalue weighted by Crippen LogP contribution is -2.43. The number of rotatable bonds is 40. The molecule has 0 aliphatic carbocycles. The van der Waals surface area contributed by atoms with Crippen molar-refractivity contribution in [3.05, 3.63) is 85.1 Å². The molecule has 59 heavy (non-hydrogen) atoms. The predicted octanol–water partition coefficient (Wildman–Crippen LogP) is 11.5. The highest BCUT2D eigenvalue weighted by molar-refractivity contribution is 7.47. The Morgan fingerprint density at radius 1 is 0.559 bits per heavy atom. The Morgan fingerprint density at radius 3 is 1.49 bits per heavy atom. The van der Waals surface area contributed by atoms with E-state index >= 15 is 0 Å². The molecule has 0 aromatic heterocycles. The summed E-state index contributed by atoms with van der Waals surface area (Å²) >= 11 is 0. The van der Waals surface area contributed by atoms with Gasteiger partial charge in [-0.25, -0.2) is 9.36 Å². The van der Waals surface area contributed by atoms with Crippen LogP contribution in [0.15, 0.2) is 85.1 Å². The second kappa shape index (κ2) is 41.4. The Bertz CT molecular complexity index is 1320. The third kappa shape index (κ3) is 41.2. The highest BCUT2D eigenvalue weighted by atomic mass is 31.2. The number of aliphatic hydroxyl groups excluding tert-OH is 1. The molecule has 0 heterocycles. The summed E-state index contributed by atoms with van der Waals surface area (Å²) in [5.41, 5.74) is 0. The third-order valence-electron chi connectivity index (χ3n) is 8.92. The molecular formula is C47H78NO10P. The molecule has 3 atom stereocenters. The second-order valence-corrected chi connectivity index (χ2v) is 16.0. The number of aliphatic hydroxyl groups is 1. The van der Waals surface area contributed by atoms with Crippen LogP contribution in [0.4, 0.5) is 0 Å². The lowest BCUT2D eigenvalue weighted by molar-refractivity contribution is -0.147. The van der Waals surface area contributed by atoms with Gasteiger partial charge in [-0.2, -0.15) is 0 Å². The van der Waals surface area contributed by atoms with E-state index in [4.69, 9.17) is 13.8 Å². The van der Waals surface area contributed by atoms with Crippen molar-refractivity contribution in [1.82, 2.24) is 5.32 Å². The number of amides is 1. The van der Waals surface area contributed by atoms with E-state index in [1.54, 1.807) is 0 Å². The van der Waals surface area contributed by atoms with Crippen LogP contribution in [0, 0.1) is 0 Å². The molecule has 3 unspecified atom stereocenters. The van der Waals surface area contributed by atoms with Crippen molar-refractivity contribution >= 4 is 25.7 Å². The molecule has 0 saturated heterocycles. The molecule has 12 heteroatoms. The first-order chi connectivity index (χ1) is 28.6. The SMILES string of the molecule is CC/C=C\C/C=C\C/C=C\C/C=C\C/C=C\C/C=C\CCCCCCC(=O)NC(COP(=O)(O)OCC(O)COC(=O)CCCCCCC/C=C\CCCCC)C(=O)O. The van der Waals surface area contributed by atoms with Gasteiger partial charge in [-0.1, -0.05) is 144 Å². The monoisotopic (exact) mass is 848 g/mol. The molecule has 11 nitrogen and oxygen atoms in total. The molecule has 4 N–H and O–H groups in total. The summed E-state index contributed by atoms with van der Waals surface area (Å²) < 4.78 is 26.8. The molecule has 0 aliphatic rings. The van der Waals surface area contributed by atoms with Crippen LogP contribution >= 0.6 is 7.82 Å². The fourth-order valence-electron chi connectivity index (χ4n) is 5.49. The minimum absolute atomic E-state index is 0.110. The maximum atomic E-state index is 12.3. The number of phosphoric ester groups is 1. The van der Waals surface area contributed by atoms with Crippen molar-refractivity contribution in [3.8, 4) is 0 Å². The molecule has 0 aliphatic heterocycles. The van der Waals surface area contributed by atoms with Gasteiger partial charge in [0.2, 0.25) is 5.91 Å². The number of carboxylic acids is 1. The predicted molar refractivity (Wildman–Crippen MR) is 240 cm³/mol. The van der Waals surface area contributed by atoms with Crippen LogP contribution < -0.4 is 5.32 Å². The fourth-order valence-corrected chi connectivity index (χ4v) is 6.26. The summed E-state index contributed by atoms with van der Waals surface area (Å²) in [6.07, 6.45) is 50.4. The van der Waals surface area contributed by atoms with Crippen LogP contribution in [0.2, 0.25) is 0 Å². The van der Waals surface area contributed by atoms with E-state index in [1.807, 2.05) is 0 Å². The zero-order valence-electron chi connectivity index (χ0n) is 36.3. The van der Waals surface area contributed by atoms with Crippen LogP contribution in [-0.2, 0) is 32.7 Å². The Balaban J connectivity index is 3.99. The largest absolute Gasteiger partial charge is 0.480 e. The van der Waals surface area contributed by atoms with Crippen molar-refractivity contribution in [2.24, 2.45) is 0 Å². The summed E-state index contributed by atoms with van der Waals surface area (Å²) in [6, 6.07) is -1.57. The number of allylic oxidation sites excluding steroid dienone is 14. The number of carbonyl (C=O) groups excluding carboxylic acids is 2. The van der Waals surface area contributed by atoms with E-state index in [1.165, 1.54) is 19.3 Å². The number of carboxylic acid groups (broad SMARTS) is 1. The number of esters is 1. The Kier molecular flexibility index (Phi) is 39.1. The van der Waals surface area contributed by atoms with E-state index in [-0.39, 0.29) is 12.8 Å². The van der Waals surface area contributed by atoms with Crippen molar-refractivity contribution in [2.75, 3.05) is 19.8 Å². The van der Waals surface area contributed by atoms with E-state index in [0.717, 1.165) is 103 Å². The summed E-state index contributed by atoms with van der Waals surface area (Å²) in [4.78, 5) is 45.9. The van der Waals surface area contributed by atoms with Crippen molar-refractivity contribution in [3.63, 3.8) is 0 Å². The van der Waals surface area contributed by atoms with Crippen LogP contribution in [0.5, 0.6) is 0 Å². The van der Waals surface area contributed by atoms with Gasteiger partial charge in [0.15, 0.2) is 6.04 Å². The molecule has 0 rings (SSSR count). The number of phosphoric acid groups is 1. The number of aliphatic carboxylic acids is 1. The van der Waals surface area contributed by atoms with Gasteiger partial charge in [-0.15, -0.1) is 0 Å². The molecule has 1 amide bonds. The summed E-state index contributed by atoms with van der Waals surface area (Å²) in [5, 5.41) is 21.8. The van der Waals surface area contributed by atoms with Gasteiger partial charge >= 0.3 is 19.8 Å². The Labute approximate surface area is 356 Å². The summed E-state index contributed by atoms with van der Waals surface area (Å²) in [5.74, 6) is -2.43. The lowest BCUT2D eigenvalue weighted by atomic mass is 10.1. The number of unbranched alkanes of at least 4 members (excludes halogenated alkanes) is 12. The zero-order chi connectivity index (χ0) is 43.5. The van der Waals surface area contributed by atoms with Crippen LogP contribution in [0.3, 0.4) is 0 Å². The van der Waals surface area contributed by atoms with E-state index in [9.17, 15) is 34.1 Å². The van der Waals surface area contributed by atoms with Gasteiger partial charge in [-0.05, 0) is 89.9 Å². The first kappa shape index (κ1) is 55.7. The number of nitrogens with one attached hydrogen (secondary N) is 1. The van der Waals surface area contributed by atoms with Crippen molar-refractivity contribution < 1.29 is 47.8 Å². The van der Waals surface area contributed by atoms with Crippen LogP contribution in [-0.4, -0.2) is 64.9 Å². The van der Waals surface area contributed by atoms with Gasteiger partial charge in [-0.3, -0.25) is 18.6 Å². The fraction of sp³-hybridized carbons (Fsp3) is 0.638. The number of carbonyl (C=O) groups is 3. The minimum Gasteiger partial charge on any atom is -0.480 e. The van der Waals surface area contributed by atoms with E-state index in [2.05, 4.69) is 104 Å². The first-order valence-corrected chi connectivity index (χ1v) is 23.6. The average molecular weight is 848 g/mol. The smallest absolute Gasteiger partial charge is 0.472 e. The van der Waals surface area contributed by atoms with Crippen LogP contribution in [0.1, 0.15) is 162 Å². The number of hydrogen-bond acceptors (Lipinski definition) is 8. The van der Waals surface area contributed by atoms with E-state index < -0.39 is 57.6 Å². The molecule has 0 bridgehead atoms. The van der Waals surface area contributed by atoms with Gasteiger partial charge in [0.1, 0.15) is 12.7 Å². The summed E-state index contributed by atoms with van der Waals surface area (Å²) in [6.45, 7) is 2.41. The molecule has 0 fully saturated rings. The normalized spacial score (nSPS) is 14.5. The molecule has 0 aromatic rings. The van der Waals surface area contributed by atoms with Gasteiger partial charge < -0.3 is 25.2 Å². The molecular weight excluding hydrogens is 769 g/mol. The highest BCUT2D eigenvalue weighted by Crippen LogP contribution is 2.43. The lowest BCUT2D eigenvalue weighted by Gasteiger charge is -2.18. The molecule has 0 saturated carbocycles. The van der Waals surface area contributed by atoms with Crippen LogP contribution in [0.25, 0.3) is 0 Å². The average Bonchev–Trinajstić information content (AvgIpc) is 3.21. The highest BCUT2D eigenvalue weighted by Gasteiger charge is 2.28. The van der Waals surface area contributed by atoms with Gasteiger partial charge in [0, 0.05) is 12.8 Å². The summed E-state index contributed by atoms with van der Waals surface area (Å²) in [7, 11) is -4.77. The van der Waals surface area contributed by atoms with E-state index in [0.29, 0.717) is 12.8 Å². The number of hydrogen-bond donors (Lipinski definition) is 4. The third-order valence-corrected chi connectivity index (χ3v) is 9.87. The topological polar surface area (TPSA) is 169 Å². The molecule has 0 aromatic carbocycles. The van der Waals surface area contributed by atoms with Crippen molar-refractivity contribution in [2.45, 2.75) is 174 Å². The second-order valence-electron chi connectivity index (χ2n) is 14.5. The standard InChI is InChI=1S/C47H78NO10P/c1-3-5-7-9-11-13-15-17-18-19-20-21-22-23-24-25-26-27-28-30-32-34-36-38-45(50)48-44(47(52)53)42-58-59(54,55)57-41-43(49)40-56-46(51)39-37-35-33-31-29-16-14-12-10-8-6-4-2/h5,7,11-14,17-18,20-21,23-24,26-27,43-44,49H,3-4,6,8-10,15-16,19,22,25,28-42H2,1-2H3,(H,48,50)(H,52,53)(H,54,55)/b7-5-,13-11-,14-12-,18-17-,21-20-,24-23-,27-26-. The Hall–Kier alpha value is -3.34. The maximum Gasteiger partial charge on any atom is 0.472 e. The molecule has 0 spiro atoms. The van der Waals surface area contributed by atoms with Gasteiger partial charge in [0.05, 0.1) is 13.2 Å². The molecule has 336 valence electrons. The first-order valence-electron chi connectivity index (χ1n) is 22.1. The quantitative estimate of drug-likeness (QED) is 0.0201. The maximum absolute atomic E-state index is 12.3. The number of ether oxygens (including phenoxy) is 1. The molecule has 0 radical (unpaired) electrons. The zero-order valence-corrected chi connectivity index (χ0v) is 37.2. The van der Waals surface area contributed by atoms with Gasteiger partial charge in [0.25, 0.3) is 0 Å². The minimum atomic E-state index is -4.77.